The van der Waals surface area contributed by atoms with Crippen LogP contribution in [0.1, 0.15) is 24.8 Å². The zero-order valence-corrected chi connectivity index (χ0v) is 13.7. The van der Waals surface area contributed by atoms with Crippen LogP contribution in [0, 0.1) is 0 Å². The van der Waals surface area contributed by atoms with Crippen LogP contribution < -0.4 is 4.74 Å². The van der Waals surface area contributed by atoms with Crippen LogP contribution in [-0.4, -0.2) is 60.1 Å². The Morgan fingerprint density at radius 3 is 2.96 bits per heavy atom. The number of rotatable bonds is 5. The smallest absolute Gasteiger partial charge is 0.251 e. The van der Waals surface area contributed by atoms with E-state index in [1.54, 1.807) is 19.1 Å². The van der Waals surface area contributed by atoms with Crippen molar-refractivity contribution in [3.8, 4) is 5.75 Å². The van der Waals surface area contributed by atoms with E-state index in [9.17, 15) is 14.7 Å². The maximum Gasteiger partial charge on any atom is 0.251 e. The van der Waals surface area contributed by atoms with Crippen LogP contribution >= 0.6 is 0 Å². The average molecular weight is 320 g/mol. The lowest BCUT2D eigenvalue weighted by molar-refractivity contribution is -0.145. The minimum atomic E-state index is -0.978. The number of nitrogens with zero attached hydrogens (tertiary/aromatic N) is 2. The fourth-order valence-electron chi connectivity index (χ4n) is 2.66. The van der Waals surface area contributed by atoms with Gasteiger partial charge in [-0.15, -0.1) is 0 Å². The van der Waals surface area contributed by atoms with E-state index in [-0.39, 0.29) is 18.4 Å². The Hall–Kier alpha value is -2.08. The van der Waals surface area contributed by atoms with Gasteiger partial charge in [0.25, 0.3) is 5.91 Å². The number of hydrogen-bond acceptors (Lipinski definition) is 4. The number of likely N-dealkylation sites (N-methyl/N-ethyl adjacent to an activating group) is 1. The minimum Gasteiger partial charge on any atom is -0.497 e. The minimum absolute atomic E-state index is 0.0103. The molecular formula is C17H24N2O4. The number of ether oxygens (including phenoxy) is 1. The molecule has 2 rings (SSSR count). The van der Waals surface area contributed by atoms with Crippen LogP contribution in [0.4, 0.5) is 0 Å². The summed E-state index contributed by atoms with van der Waals surface area (Å²) < 4.78 is 5.17. The molecule has 1 aromatic rings. The fourth-order valence-corrected chi connectivity index (χ4v) is 2.66. The molecule has 0 aliphatic carbocycles. The Morgan fingerprint density at radius 1 is 1.43 bits per heavy atom. The van der Waals surface area contributed by atoms with Gasteiger partial charge in [-0.2, -0.15) is 0 Å². The number of carbonyl (C=O) groups is 2. The Kier molecular flexibility index (Phi) is 5.98. The predicted molar refractivity (Wildman–Crippen MR) is 85.9 cm³/mol. The number of carbonyl (C=O) groups excluding carboxylic acids is 2. The maximum absolute atomic E-state index is 12.4. The SMILES string of the molecule is COc1cccc(CN(C)C(=O)CN2CCCCC(O)C2=O)c1. The lowest BCUT2D eigenvalue weighted by Gasteiger charge is -2.25. The van der Waals surface area contributed by atoms with Crippen LogP contribution in [0.2, 0.25) is 0 Å². The number of hydrogen-bond donors (Lipinski definition) is 1. The van der Waals surface area contributed by atoms with Crippen molar-refractivity contribution in [2.45, 2.75) is 31.9 Å². The summed E-state index contributed by atoms with van der Waals surface area (Å²) in [6, 6.07) is 7.53. The number of methoxy groups -OCH3 is 1. The molecule has 0 aromatic heterocycles. The Balaban J connectivity index is 1.94. The molecule has 0 spiro atoms. The second-order valence-corrected chi connectivity index (χ2v) is 5.87. The summed E-state index contributed by atoms with van der Waals surface area (Å²) in [7, 11) is 3.31. The van der Waals surface area contributed by atoms with E-state index in [1.807, 2.05) is 24.3 Å². The summed E-state index contributed by atoms with van der Waals surface area (Å²) in [5.74, 6) is 0.259. The van der Waals surface area contributed by atoms with Crippen molar-refractivity contribution in [3.05, 3.63) is 29.8 Å². The van der Waals surface area contributed by atoms with E-state index < -0.39 is 6.10 Å². The number of aliphatic hydroxyl groups is 1. The first-order valence-electron chi connectivity index (χ1n) is 7.85. The monoisotopic (exact) mass is 320 g/mol. The quantitative estimate of drug-likeness (QED) is 0.879. The zero-order valence-electron chi connectivity index (χ0n) is 13.7. The molecule has 1 heterocycles. The summed E-state index contributed by atoms with van der Waals surface area (Å²) in [6.07, 6.45) is 1.12. The van der Waals surface area contributed by atoms with Gasteiger partial charge in [-0.05, 0) is 37.0 Å². The summed E-state index contributed by atoms with van der Waals surface area (Å²) in [5.41, 5.74) is 0.961. The summed E-state index contributed by atoms with van der Waals surface area (Å²) in [4.78, 5) is 27.4. The molecule has 1 aromatic carbocycles. The topological polar surface area (TPSA) is 70.1 Å². The third-order valence-electron chi connectivity index (χ3n) is 4.06. The molecule has 126 valence electrons. The number of likely N-dealkylation sites (tertiary alicyclic amines) is 1. The van der Waals surface area contributed by atoms with Crippen LogP contribution in [0.5, 0.6) is 5.75 Å². The first-order valence-corrected chi connectivity index (χ1v) is 7.85. The second kappa shape index (κ2) is 7.97. The first kappa shape index (κ1) is 17.3. The first-order chi connectivity index (χ1) is 11.0. The molecule has 0 radical (unpaired) electrons. The van der Waals surface area contributed by atoms with Crippen LogP contribution in [-0.2, 0) is 16.1 Å². The highest BCUT2D eigenvalue weighted by Crippen LogP contribution is 2.15. The molecule has 1 unspecified atom stereocenters. The van der Waals surface area contributed by atoms with Gasteiger partial charge in [-0.1, -0.05) is 12.1 Å². The summed E-state index contributed by atoms with van der Waals surface area (Å²) in [5, 5.41) is 9.74. The van der Waals surface area contributed by atoms with Gasteiger partial charge in [0.15, 0.2) is 0 Å². The van der Waals surface area contributed by atoms with Crippen molar-refractivity contribution in [1.82, 2.24) is 9.80 Å². The molecule has 6 heteroatoms. The van der Waals surface area contributed by atoms with Crippen molar-refractivity contribution in [2.75, 3.05) is 27.2 Å². The van der Waals surface area contributed by atoms with Crippen molar-refractivity contribution in [3.63, 3.8) is 0 Å². The number of aliphatic hydroxyl groups excluding tert-OH is 1. The van der Waals surface area contributed by atoms with E-state index in [0.29, 0.717) is 19.5 Å². The highest BCUT2D eigenvalue weighted by molar-refractivity contribution is 5.87. The molecule has 1 aliphatic heterocycles. The highest BCUT2D eigenvalue weighted by atomic mass is 16.5. The van der Waals surface area contributed by atoms with Gasteiger partial charge < -0.3 is 19.6 Å². The fraction of sp³-hybridized carbons (Fsp3) is 0.529. The van der Waals surface area contributed by atoms with Crippen molar-refractivity contribution in [1.29, 1.82) is 0 Å². The van der Waals surface area contributed by atoms with Gasteiger partial charge in [0.05, 0.1) is 13.7 Å². The third kappa shape index (κ3) is 4.69. The molecule has 1 saturated heterocycles. The zero-order chi connectivity index (χ0) is 16.8. The van der Waals surface area contributed by atoms with Crippen molar-refractivity contribution < 1.29 is 19.4 Å². The van der Waals surface area contributed by atoms with Gasteiger partial charge in [0.2, 0.25) is 5.91 Å². The third-order valence-corrected chi connectivity index (χ3v) is 4.06. The van der Waals surface area contributed by atoms with Gasteiger partial charge >= 0.3 is 0 Å². The molecule has 1 aliphatic rings. The summed E-state index contributed by atoms with van der Waals surface area (Å²) in [6.45, 7) is 0.978. The van der Waals surface area contributed by atoms with E-state index in [2.05, 4.69) is 0 Å². The highest BCUT2D eigenvalue weighted by Gasteiger charge is 2.27. The average Bonchev–Trinajstić information content (AvgIpc) is 2.70. The Bertz CT molecular complexity index is 561. The van der Waals surface area contributed by atoms with Gasteiger partial charge in [0.1, 0.15) is 11.9 Å². The summed E-state index contributed by atoms with van der Waals surface area (Å²) >= 11 is 0. The second-order valence-electron chi connectivity index (χ2n) is 5.87. The lowest BCUT2D eigenvalue weighted by Crippen LogP contribution is -2.44. The predicted octanol–water partition coefficient (Wildman–Crippen LogP) is 1.03. The lowest BCUT2D eigenvalue weighted by atomic mass is 10.2. The number of benzene rings is 1. The maximum atomic E-state index is 12.4. The van der Waals surface area contributed by atoms with E-state index in [1.165, 1.54) is 4.90 Å². The molecule has 1 N–H and O–H groups in total. The van der Waals surface area contributed by atoms with E-state index in [0.717, 1.165) is 24.2 Å². The molecule has 0 saturated carbocycles. The van der Waals surface area contributed by atoms with Crippen LogP contribution in [0.3, 0.4) is 0 Å². The van der Waals surface area contributed by atoms with Crippen LogP contribution in [0.15, 0.2) is 24.3 Å². The van der Waals surface area contributed by atoms with Crippen LogP contribution in [0.25, 0.3) is 0 Å². The molecule has 0 bridgehead atoms. The Morgan fingerprint density at radius 2 is 2.22 bits per heavy atom. The molecule has 1 atom stereocenters. The molecular weight excluding hydrogens is 296 g/mol. The normalized spacial score (nSPS) is 18.5. The van der Waals surface area contributed by atoms with Crippen molar-refractivity contribution >= 4 is 11.8 Å². The van der Waals surface area contributed by atoms with Gasteiger partial charge in [-0.3, -0.25) is 9.59 Å². The standard InChI is InChI=1S/C17H24N2O4/c1-18(11-13-6-5-7-14(10-13)23-2)16(21)12-19-9-4-3-8-15(20)17(19)22/h5-7,10,15,20H,3-4,8-9,11-12H2,1-2H3. The largest absolute Gasteiger partial charge is 0.497 e. The van der Waals surface area contributed by atoms with Crippen molar-refractivity contribution in [2.24, 2.45) is 0 Å². The number of amides is 2. The van der Waals surface area contributed by atoms with E-state index >= 15 is 0 Å². The van der Waals surface area contributed by atoms with E-state index in [4.69, 9.17) is 4.74 Å². The molecule has 6 nitrogen and oxygen atoms in total. The molecule has 1 fully saturated rings. The molecule has 2 amide bonds. The molecule has 23 heavy (non-hydrogen) atoms. The van der Waals surface area contributed by atoms with Gasteiger partial charge in [0, 0.05) is 20.1 Å². The Labute approximate surface area is 136 Å². The van der Waals surface area contributed by atoms with Gasteiger partial charge in [-0.25, -0.2) is 0 Å².